The number of carbonyl (C=O) groups excluding carboxylic acids is 1. The minimum atomic E-state index is -0.229. The molecule has 6 heteroatoms. The maximum Gasteiger partial charge on any atom is 0.152 e. The third-order valence-electron chi connectivity index (χ3n) is 2.28. The van der Waals surface area contributed by atoms with Crippen LogP contribution in [0.4, 0.5) is 0 Å². The van der Waals surface area contributed by atoms with Gasteiger partial charge in [-0.15, -0.1) is 0 Å². The Labute approximate surface area is 109 Å². The zero-order chi connectivity index (χ0) is 14.3. The first-order valence-corrected chi connectivity index (χ1v) is 5.20. The molecule has 1 aromatic carbocycles. The van der Waals surface area contributed by atoms with Gasteiger partial charge in [0.15, 0.2) is 6.29 Å². The Morgan fingerprint density at radius 1 is 1.16 bits per heavy atom. The van der Waals surface area contributed by atoms with Crippen molar-refractivity contribution in [2.24, 2.45) is 11.5 Å². The number of hydrogen-bond acceptors (Lipinski definition) is 5. The lowest BCUT2D eigenvalue weighted by atomic mass is 10.2. The molecule has 0 fully saturated rings. The predicted octanol–water partition coefficient (Wildman–Crippen LogP) is 1.14. The van der Waals surface area contributed by atoms with E-state index in [1.54, 1.807) is 6.20 Å². The number of nitriles is 2. The monoisotopic (exact) mass is 253 g/mol. The highest BCUT2D eigenvalue weighted by atomic mass is 16.1. The van der Waals surface area contributed by atoms with E-state index in [0.29, 0.717) is 0 Å². The molecule has 5 N–H and O–H groups in total. The van der Waals surface area contributed by atoms with Gasteiger partial charge in [-0.2, -0.15) is 10.5 Å². The van der Waals surface area contributed by atoms with Crippen molar-refractivity contribution in [1.82, 2.24) is 4.98 Å². The summed E-state index contributed by atoms with van der Waals surface area (Å²) in [4.78, 5) is 13.5. The Kier molecular flexibility index (Phi) is 4.71. The van der Waals surface area contributed by atoms with Crippen LogP contribution in [0.2, 0.25) is 0 Å². The van der Waals surface area contributed by atoms with Gasteiger partial charge in [0.25, 0.3) is 0 Å². The van der Waals surface area contributed by atoms with Crippen LogP contribution in [-0.4, -0.2) is 11.3 Å². The van der Waals surface area contributed by atoms with E-state index >= 15 is 0 Å². The van der Waals surface area contributed by atoms with Crippen LogP contribution in [-0.2, 0) is 0 Å². The number of nitrogens with one attached hydrogen (secondary N) is 1. The van der Waals surface area contributed by atoms with Crippen LogP contribution in [0.25, 0.3) is 10.9 Å². The number of aldehydes is 1. The van der Waals surface area contributed by atoms with Crippen molar-refractivity contribution < 1.29 is 4.79 Å². The second kappa shape index (κ2) is 6.48. The zero-order valence-corrected chi connectivity index (χ0v) is 9.92. The minimum absolute atomic E-state index is 0.229. The molecule has 0 amide bonds. The summed E-state index contributed by atoms with van der Waals surface area (Å²) in [7, 11) is 0. The Hall–Kier alpha value is -3.25. The summed E-state index contributed by atoms with van der Waals surface area (Å²) in [6.07, 6.45) is 2.58. The quantitative estimate of drug-likeness (QED) is 0.517. The van der Waals surface area contributed by atoms with Gasteiger partial charge >= 0.3 is 0 Å². The van der Waals surface area contributed by atoms with Gasteiger partial charge in [-0.1, -0.05) is 18.2 Å². The highest BCUT2D eigenvalue weighted by Gasteiger charge is 1.98. The van der Waals surface area contributed by atoms with Crippen LogP contribution in [0.3, 0.4) is 0 Å². The molecule has 1 aromatic heterocycles. The zero-order valence-electron chi connectivity index (χ0n) is 9.92. The maximum absolute atomic E-state index is 10.5. The fourth-order valence-electron chi connectivity index (χ4n) is 1.31. The fraction of sp³-hybridized carbons (Fsp3) is 0. The summed E-state index contributed by atoms with van der Waals surface area (Å²) < 4.78 is 0. The summed E-state index contributed by atoms with van der Waals surface area (Å²) in [5.41, 5.74) is 11.1. The minimum Gasteiger partial charge on any atom is -0.388 e. The summed E-state index contributed by atoms with van der Waals surface area (Å²) in [6.45, 7) is 0. The van der Waals surface area contributed by atoms with Gasteiger partial charge in [0.1, 0.15) is 23.5 Å². The van der Waals surface area contributed by atoms with Crippen LogP contribution < -0.4 is 11.5 Å². The number of aromatic nitrogens is 1. The lowest BCUT2D eigenvalue weighted by Crippen LogP contribution is -2.05. The molecule has 2 rings (SSSR count). The number of carbonyl (C=O) groups is 1. The van der Waals surface area contributed by atoms with Gasteiger partial charge in [-0.25, -0.2) is 0 Å². The number of benzene rings is 1. The summed E-state index contributed by atoms with van der Waals surface area (Å²) in [5, 5.41) is 16.9. The number of allylic oxidation sites excluding steroid dienone is 2. The molecule has 0 unspecified atom stereocenters. The third kappa shape index (κ3) is 3.35. The van der Waals surface area contributed by atoms with Gasteiger partial charge < -0.3 is 16.5 Å². The number of rotatable bonds is 1. The first-order chi connectivity index (χ1) is 9.13. The van der Waals surface area contributed by atoms with E-state index in [-0.39, 0.29) is 11.4 Å². The highest BCUT2D eigenvalue weighted by molar-refractivity contribution is 5.96. The lowest BCUT2D eigenvalue weighted by Gasteiger charge is -1.86. The molecule has 6 nitrogen and oxygen atoms in total. The average Bonchev–Trinajstić information content (AvgIpc) is 2.89. The second-order valence-corrected chi connectivity index (χ2v) is 3.46. The molecular formula is C13H11N5O. The number of fused-ring (bicyclic) bond motifs is 1. The van der Waals surface area contributed by atoms with Crippen molar-refractivity contribution in [3.63, 3.8) is 0 Å². The van der Waals surface area contributed by atoms with Gasteiger partial charge in [0, 0.05) is 22.7 Å². The molecule has 0 atom stereocenters. The van der Waals surface area contributed by atoms with Crippen molar-refractivity contribution in [3.05, 3.63) is 47.4 Å². The molecule has 1 heterocycles. The second-order valence-electron chi connectivity index (χ2n) is 3.46. The van der Waals surface area contributed by atoms with Crippen LogP contribution in [0, 0.1) is 22.7 Å². The van der Waals surface area contributed by atoms with Gasteiger partial charge in [0.05, 0.1) is 0 Å². The first-order valence-electron chi connectivity index (χ1n) is 5.20. The number of nitrogens with zero attached hydrogens (tertiary/aromatic N) is 2. The molecule has 0 aliphatic carbocycles. The molecule has 19 heavy (non-hydrogen) atoms. The molecular weight excluding hydrogens is 242 g/mol. The molecule has 0 bridgehead atoms. The van der Waals surface area contributed by atoms with Gasteiger partial charge in [0.2, 0.25) is 0 Å². The van der Waals surface area contributed by atoms with E-state index in [0.717, 1.165) is 22.8 Å². The van der Waals surface area contributed by atoms with Crippen LogP contribution in [0.5, 0.6) is 0 Å². The Bertz CT molecular complexity index is 678. The molecule has 0 aliphatic rings. The first kappa shape index (κ1) is 13.8. The molecule has 0 spiro atoms. The van der Waals surface area contributed by atoms with Crippen molar-refractivity contribution in [2.45, 2.75) is 0 Å². The number of H-pyrrole nitrogens is 1. The van der Waals surface area contributed by atoms with E-state index in [1.807, 2.05) is 24.3 Å². The largest absolute Gasteiger partial charge is 0.388 e. The average molecular weight is 253 g/mol. The number of para-hydroxylation sites is 1. The van der Waals surface area contributed by atoms with Crippen molar-refractivity contribution in [2.75, 3.05) is 0 Å². The maximum atomic E-state index is 10.5. The molecule has 0 saturated carbocycles. The van der Waals surface area contributed by atoms with E-state index in [2.05, 4.69) is 4.98 Å². The van der Waals surface area contributed by atoms with Crippen LogP contribution in [0.1, 0.15) is 10.4 Å². The van der Waals surface area contributed by atoms with Crippen molar-refractivity contribution in [1.29, 1.82) is 10.5 Å². The summed E-state index contributed by atoms with van der Waals surface area (Å²) in [6, 6.07) is 10.8. The normalized spacial score (nSPS) is 10.4. The molecule has 94 valence electrons. The summed E-state index contributed by atoms with van der Waals surface area (Å²) in [5.74, 6) is 0. The summed E-state index contributed by atoms with van der Waals surface area (Å²) >= 11 is 0. The standard InChI is InChI=1S/C9H7NO.C4H4N4/c11-6-7-5-10-9-4-2-1-3-8(7)9;5-1-3(7)4(8)2-6/h1-6,10H;7-8H2. The fourth-order valence-corrected chi connectivity index (χ4v) is 1.31. The van der Waals surface area contributed by atoms with Gasteiger partial charge in [-0.3, -0.25) is 4.79 Å². The molecule has 0 saturated heterocycles. The Morgan fingerprint density at radius 2 is 1.74 bits per heavy atom. The smallest absolute Gasteiger partial charge is 0.152 e. The highest BCUT2D eigenvalue weighted by Crippen LogP contribution is 2.14. The Morgan fingerprint density at radius 3 is 2.26 bits per heavy atom. The SMILES string of the molecule is N#CC(N)=C(N)C#N.O=Cc1c[nH]c2ccccc12. The van der Waals surface area contributed by atoms with Crippen LogP contribution >= 0.6 is 0 Å². The number of hydrogen-bond donors (Lipinski definition) is 3. The topological polar surface area (TPSA) is 132 Å². The molecule has 2 aromatic rings. The van der Waals surface area contributed by atoms with Crippen molar-refractivity contribution in [3.8, 4) is 12.1 Å². The molecule has 0 aliphatic heterocycles. The van der Waals surface area contributed by atoms with E-state index in [9.17, 15) is 4.79 Å². The van der Waals surface area contributed by atoms with Crippen molar-refractivity contribution >= 4 is 17.2 Å². The predicted molar refractivity (Wildman–Crippen MR) is 70.3 cm³/mol. The van der Waals surface area contributed by atoms with E-state index in [1.165, 1.54) is 12.1 Å². The number of nitrogens with two attached hydrogens (primary N) is 2. The lowest BCUT2D eigenvalue weighted by molar-refractivity contribution is 0.112. The third-order valence-corrected chi connectivity index (χ3v) is 2.28. The van der Waals surface area contributed by atoms with Gasteiger partial charge in [-0.05, 0) is 6.07 Å². The van der Waals surface area contributed by atoms with E-state index < -0.39 is 0 Å². The Balaban J connectivity index is 0.000000203. The number of aromatic amines is 1. The molecule has 0 radical (unpaired) electrons. The van der Waals surface area contributed by atoms with Crippen LogP contribution in [0.15, 0.2) is 41.9 Å². The van der Waals surface area contributed by atoms with E-state index in [4.69, 9.17) is 22.0 Å².